The summed E-state index contributed by atoms with van der Waals surface area (Å²) >= 11 is 0. The van der Waals surface area contributed by atoms with Crippen LogP contribution in [-0.2, 0) is 14.3 Å². The second kappa shape index (κ2) is 5.62. The topological polar surface area (TPSA) is 104 Å². The summed E-state index contributed by atoms with van der Waals surface area (Å²) in [6.45, 7) is 1.50. The minimum Gasteiger partial charge on any atom is -0.497 e. The Balaban J connectivity index is 0.000000225. The maximum absolute atomic E-state index is 9.85. The molecule has 0 spiro atoms. The lowest BCUT2D eigenvalue weighted by atomic mass is 10.1. The molecule has 1 aliphatic heterocycles. The number of rotatable bonds is 2. The fourth-order valence-electron chi connectivity index (χ4n) is 0.988. The molecule has 1 aromatic carbocycles. The number of hydrogen-bond acceptors (Lipinski definition) is 6. The summed E-state index contributed by atoms with van der Waals surface area (Å²) in [7, 11) is -1.42. The Morgan fingerprint density at radius 2 is 1.89 bits per heavy atom. The molecule has 1 unspecified atom stereocenters. The molecule has 1 heterocycles. The van der Waals surface area contributed by atoms with Gasteiger partial charge in [-0.25, -0.2) is 4.18 Å². The van der Waals surface area contributed by atoms with Crippen molar-refractivity contribution in [3.05, 3.63) is 29.8 Å². The lowest BCUT2D eigenvalue weighted by Crippen LogP contribution is -1.93. The first kappa shape index (κ1) is 14.2. The maximum Gasteiger partial charge on any atom is 0.297 e. The molecule has 1 saturated heterocycles. The molecule has 2 rings (SSSR count). The summed E-state index contributed by atoms with van der Waals surface area (Å²) in [6.07, 6.45) is 0. The largest absolute Gasteiger partial charge is 0.497 e. The van der Waals surface area contributed by atoms with Gasteiger partial charge in [-0.05, 0) is 31.2 Å². The van der Waals surface area contributed by atoms with Crippen LogP contribution in [-0.4, -0.2) is 26.7 Å². The number of ether oxygens (including phenoxy) is 1. The SMILES string of the molecule is CC1OS1(=O)=O.COc1ccc(C(=N)C#N)cc1. The Kier molecular flexibility index (Phi) is 4.42. The highest BCUT2D eigenvalue weighted by Gasteiger charge is 2.40. The lowest BCUT2D eigenvalue weighted by Gasteiger charge is -1.99. The van der Waals surface area contributed by atoms with Gasteiger partial charge in [0.05, 0.1) is 7.11 Å². The van der Waals surface area contributed by atoms with Gasteiger partial charge in [-0.15, -0.1) is 0 Å². The predicted octanol–water partition coefficient (Wildman–Crippen LogP) is 1.28. The summed E-state index contributed by atoms with van der Waals surface area (Å²) in [4.78, 5) is 0. The molecule has 1 aliphatic rings. The van der Waals surface area contributed by atoms with Gasteiger partial charge in [-0.1, -0.05) is 0 Å². The standard InChI is InChI=1S/C9H8N2O.C2H4O3S/c1-12-8-4-2-7(3-5-8)9(11)6-10;1-2-5-6(2,3)4/h2-5,11H,1H3;2H,1H3. The third-order valence-corrected chi connectivity index (χ3v) is 3.41. The number of nitrogens with one attached hydrogen (secondary N) is 1. The second-order valence-corrected chi connectivity index (χ2v) is 5.21. The van der Waals surface area contributed by atoms with Crippen LogP contribution in [0.15, 0.2) is 24.3 Å². The van der Waals surface area contributed by atoms with E-state index in [4.69, 9.17) is 15.4 Å². The summed E-state index contributed by atoms with van der Waals surface area (Å²) in [6, 6.07) is 8.58. The van der Waals surface area contributed by atoms with Gasteiger partial charge in [-0.2, -0.15) is 13.7 Å². The molecule has 0 amide bonds. The molecule has 0 bridgehead atoms. The third-order valence-electron chi connectivity index (χ3n) is 2.13. The molecule has 1 fully saturated rings. The lowest BCUT2D eigenvalue weighted by molar-refractivity contribution is 0.415. The van der Waals surface area contributed by atoms with Crippen molar-refractivity contribution in [2.24, 2.45) is 0 Å². The smallest absolute Gasteiger partial charge is 0.297 e. The van der Waals surface area contributed by atoms with E-state index in [9.17, 15) is 8.42 Å². The molecule has 1 N–H and O–H groups in total. The van der Waals surface area contributed by atoms with E-state index in [1.807, 2.05) is 0 Å². The van der Waals surface area contributed by atoms with Gasteiger partial charge in [0.15, 0.2) is 0 Å². The molecule has 0 aromatic heterocycles. The van der Waals surface area contributed by atoms with E-state index in [1.165, 1.54) is 6.92 Å². The zero-order chi connectivity index (χ0) is 13.8. The highest BCUT2D eigenvalue weighted by Crippen LogP contribution is 2.21. The van der Waals surface area contributed by atoms with Crippen LogP contribution in [0, 0.1) is 16.7 Å². The fourth-order valence-corrected chi connectivity index (χ4v) is 1.51. The first-order valence-corrected chi connectivity index (χ1v) is 6.43. The second-order valence-electron chi connectivity index (χ2n) is 3.37. The Bertz CT molecular complexity index is 572. The number of nitrogens with zero attached hydrogens (tertiary/aromatic N) is 1. The van der Waals surface area contributed by atoms with Gasteiger partial charge in [-0.3, -0.25) is 5.41 Å². The van der Waals surface area contributed by atoms with E-state index in [0.29, 0.717) is 5.56 Å². The predicted molar refractivity (Wildman–Crippen MR) is 64.9 cm³/mol. The van der Waals surface area contributed by atoms with Crippen LogP contribution in [0.3, 0.4) is 0 Å². The minimum absolute atomic E-state index is 0.0300. The van der Waals surface area contributed by atoms with Crippen molar-refractivity contribution >= 4 is 15.8 Å². The van der Waals surface area contributed by atoms with Crippen molar-refractivity contribution in [2.75, 3.05) is 7.11 Å². The summed E-state index contributed by atoms with van der Waals surface area (Å²) in [5.74, 6) is 0.726. The van der Waals surface area contributed by atoms with Gasteiger partial charge in [0, 0.05) is 5.56 Å². The van der Waals surface area contributed by atoms with E-state index in [0.717, 1.165) is 5.75 Å². The number of methoxy groups -OCH3 is 1. The molecule has 7 heteroatoms. The van der Waals surface area contributed by atoms with Crippen LogP contribution in [0.25, 0.3) is 0 Å². The minimum atomic E-state index is -3.00. The Labute approximate surface area is 105 Å². The molecule has 6 nitrogen and oxygen atoms in total. The molecule has 1 atom stereocenters. The maximum atomic E-state index is 9.85. The molecule has 1 aromatic rings. The van der Waals surface area contributed by atoms with Crippen molar-refractivity contribution in [1.82, 2.24) is 0 Å². The van der Waals surface area contributed by atoms with Crippen molar-refractivity contribution in [3.63, 3.8) is 0 Å². The Morgan fingerprint density at radius 3 is 2.17 bits per heavy atom. The number of benzene rings is 1. The molecule has 18 heavy (non-hydrogen) atoms. The third kappa shape index (κ3) is 3.84. The van der Waals surface area contributed by atoms with Gasteiger partial charge in [0.25, 0.3) is 10.1 Å². The summed E-state index contributed by atoms with van der Waals surface area (Å²) in [5.41, 5.74) is 0.0495. The van der Waals surface area contributed by atoms with E-state index >= 15 is 0 Å². The van der Waals surface area contributed by atoms with Crippen LogP contribution < -0.4 is 4.74 Å². The Morgan fingerprint density at radius 1 is 1.44 bits per heavy atom. The van der Waals surface area contributed by atoms with Crippen molar-refractivity contribution in [1.29, 1.82) is 10.7 Å². The van der Waals surface area contributed by atoms with Gasteiger partial charge < -0.3 is 4.74 Å². The monoisotopic (exact) mass is 268 g/mol. The van der Waals surface area contributed by atoms with E-state index in [-0.39, 0.29) is 5.71 Å². The van der Waals surface area contributed by atoms with Crippen LogP contribution in [0.1, 0.15) is 12.5 Å². The molecule has 0 saturated carbocycles. The quantitative estimate of drug-likeness (QED) is 0.642. The fraction of sp³-hybridized carbons (Fsp3) is 0.273. The molecule has 96 valence electrons. The zero-order valence-corrected chi connectivity index (χ0v) is 10.7. The van der Waals surface area contributed by atoms with E-state index < -0.39 is 15.6 Å². The average Bonchev–Trinajstić information content (AvgIpc) is 2.93. The van der Waals surface area contributed by atoms with Crippen LogP contribution >= 0.6 is 0 Å². The highest BCUT2D eigenvalue weighted by atomic mass is 32.2. The molecular weight excluding hydrogens is 256 g/mol. The van der Waals surface area contributed by atoms with Crippen LogP contribution in [0.4, 0.5) is 0 Å². The van der Waals surface area contributed by atoms with Gasteiger partial charge in [0.1, 0.15) is 17.5 Å². The van der Waals surface area contributed by atoms with Crippen molar-refractivity contribution in [3.8, 4) is 11.8 Å². The van der Waals surface area contributed by atoms with Crippen LogP contribution in [0.5, 0.6) is 5.75 Å². The highest BCUT2D eigenvalue weighted by molar-refractivity contribution is 7.92. The van der Waals surface area contributed by atoms with Crippen molar-refractivity contribution < 1.29 is 17.3 Å². The first-order chi connectivity index (χ1) is 8.40. The van der Waals surface area contributed by atoms with Crippen molar-refractivity contribution in [2.45, 2.75) is 12.4 Å². The van der Waals surface area contributed by atoms with Gasteiger partial charge >= 0.3 is 0 Å². The number of hydrogen-bond donors (Lipinski definition) is 1. The molecular formula is C11H12N2O4S. The number of nitriles is 1. The molecule has 0 aliphatic carbocycles. The summed E-state index contributed by atoms with van der Waals surface area (Å²) in [5, 5.41) is 15.6. The molecule has 0 radical (unpaired) electrons. The normalized spacial score (nSPS) is 18.8. The average molecular weight is 268 g/mol. The summed E-state index contributed by atoms with van der Waals surface area (Å²) < 4.78 is 28.7. The van der Waals surface area contributed by atoms with Gasteiger partial charge in [0.2, 0.25) is 5.44 Å². The van der Waals surface area contributed by atoms with E-state index in [2.05, 4.69) is 4.18 Å². The zero-order valence-electron chi connectivity index (χ0n) is 9.88. The van der Waals surface area contributed by atoms with Crippen LogP contribution in [0.2, 0.25) is 0 Å². The first-order valence-electron chi connectivity index (χ1n) is 4.96. The Hall–Kier alpha value is -1.91. The van der Waals surface area contributed by atoms with E-state index in [1.54, 1.807) is 37.4 Å².